The van der Waals surface area contributed by atoms with E-state index in [0.29, 0.717) is 0 Å². The highest BCUT2D eigenvalue weighted by molar-refractivity contribution is 9.10. The highest BCUT2D eigenvalue weighted by atomic mass is 79.9. The number of aryl methyl sites for hydroxylation is 1. The summed E-state index contributed by atoms with van der Waals surface area (Å²) in [6, 6.07) is 10.1. The van der Waals surface area contributed by atoms with Gasteiger partial charge in [-0.3, -0.25) is 0 Å². The number of anilines is 1. The second-order valence-corrected chi connectivity index (χ2v) is 5.52. The minimum atomic E-state index is 0.124. The maximum absolute atomic E-state index is 5.53. The smallest absolute Gasteiger partial charge is 0.169 e. The van der Waals surface area contributed by atoms with Crippen LogP contribution in [-0.2, 0) is 0 Å². The van der Waals surface area contributed by atoms with Crippen LogP contribution in [0.1, 0.15) is 24.3 Å². The van der Waals surface area contributed by atoms with E-state index in [1.807, 2.05) is 24.3 Å². The number of hydrogen-bond acceptors (Lipinski definition) is 2. The van der Waals surface area contributed by atoms with Gasteiger partial charge in [0.1, 0.15) is 5.76 Å². The molecule has 0 aliphatic carbocycles. The average Bonchev–Trinajstić information content (AvgIpc) is 2.72. The van der Waals surface area contributed by atoms with Gasteiger partial charge in [0.05, 0.1) is 6.04 Å². The molecule has 0 radical (unpaired) electrons. The van der Waals surface area contributed by atoms with E-state index < -0.39 is 0 Å². The van der Waals surface area contributed by atoms with Crippen molar-refractivity contribution < 1.29 is 4.42 Å². The second kappa shape index (κ2) is 5.27. The van der Waals surface area contributed by atoms with Gasteiger partial charge < -0.3 is 9.73 Å². The van der Waals surface area contributed by atoms with Crippen LogP contribution in [0.2, 0.25) is 0 Å². The van der Waals surface area contributed by atoms with Crippen LogP contribution in [0, 0.1) is 6.92 Å². The zero-order valence-corrected chi connectivity index (χ0v) is 12.8. The molecule has 1 atom stereocenters. The van der Waals surface area contributed by atoms with Gasteiger partial charge in [-0.05, 0) is 69.5 Å². The Balaban J connectivity index is 2.18. The van der Waals surface area contributed by atoms with Crippen LogP contribution in [0.4, 0.5) is 5.69 Å². The summed E-state index contributed by atoms with van der Waals surface area (Å²) in [5.74, 6) is 0.908. The summed E-state index contributed by atoms with van der Waals surface area (Å²) in [5.41, 5.74) is 2.29. The van der Waals surface area contributed by atoms with Gasteiger partial charge in [0.15, 0.2) is 4.67 Å². The predicted molar refractivity (Wildman–Crippen MR) is 77.3 cm³/mol. The lowest BCUT2D eigenvalue weighted by Gasteiger charge is -2.15. The minimum Gasteiger partial charge on any atom is -0.452 e. The molecule has 0 amide bonds. The molecule has 90 valence electrons. The molecule has 17 heavy (non-hydrogen) atoms. The van der Waals surface area contributed by atoms with Gasteiger partial charge in [-0.1, -0.05) is 12.1 Å². The summed E-state index contributed by atoms with van der Waals surface area (Å²) in [6.07, 6.45) is 0. The zero-order valence-electron chi connectivity index (χ0n) is 9.63. The summed E-state index contributed by atoms with van der Waals surface area (Å²) < 4.78 is 7.38. The van der Waals surface area contributed by atoms with E-state index >= 15 is 0 Å². The van der Waals surface area contributed by atoms with E-state index in [-0.39, 0.29) is 6.04 Å². The van der Waals surface area contributed by atoms with Gasteiger partial charge in [0.2, 0.25) is 0 Å². The third kappa shape index (κ3) is 2.93. The number of halogens is 2. The maximum Gasteiger partial charge on any atom is 0.169 e. The number of rotatable bonds is 3. The summed E-state index contributed by atoms with van der Waals surface area (Å²) in [6.45, 7) is 4.14. The molecule has 1 aromatic heterocycles. The summed E-state index contributed by atoms with van der Waals surface area (Å²) in [4.78, 5) is 0. The molecule has 2 rings (SSSR count). The van der Waals surface area contributed by atoms with Crippen molar-refractivity contribution in [3.63, 3.8) is 0 Å². The van der Waals surface area contributed by atoms with Crippen LogP contribution >= 0.6 is 31.9 Å². The third-order valence-electron chi connectivity index (χ3n) is 2.58. The second-order valence-electron chi connectivity index (χ2n) is 3.94. The van der Waals surface area contributed by atoms with Crippen molar-refractivity contribution >= 4 is 37.5 Å². The van der Waals surface area contributed by atoms with E-state index in [1.165, 1.54) is 5.56 Å². The number of hydrogen-bond donors (Lipinski definition) is 1. The highest BCUT2D eigenvalue weighted by Gasteiger charge is 2.11. The fraction of sp³-hybridized carbons (Fsp3) is 0.231. The average molecular weight is 359 g/mol. The minimum absolute atomic E-state index is 0.124. The van der Waals surface area contributed by atoms with E-state index in [9.17, 15) is 0 Å². The standard InChI is InChI=1S/C13H13Br2NO/c1-8-4-3-5-10(13(8)15)16-9(2)11-6-7-12(14)17-11/h3-7,9,16H,1-2H3. The van der Waals surface area contributed by atoms with Crippen molar-refractivity contribution in [3.05, 3.63) is 50.8 Å². The lowest BCUT2D eigenvalue weighted by molar-refractivity contribution is 0.471. The molecular weight excluding hydrogens is 346 g/mol. The first-order chi connectivity index (χ1) is 8.08. The van der Waals surface area contributed by atoms with Gasteiger partial charge in [0, 0.05) is 10.2 Å². The van der Waals surface area contributed by atoms with E-state index in [2.05, 4.69) is 57.1 Å². The third-order valence-corrected chi connectivity index (χ3v) is 4.06. The zero-order chi connectivity index (χ0) is 12.4. The Kier molecular flexibility index (Phi) is 3.94. The Hall–Kier alpha value is -0.740. The molecule has 0 fully saturated rings. The first-order valence-corrected chi connectivity index (χ1v) is 6.93. The fourth-order valence-electron chi connectivity index (χ4n) is 1.62. The van der Waals surface area contributed by atoms with Gasteiger partial charge in [-0.25, -0.2) is 0 Å². The topological polar surface area (TPSA) is 25.2 Å². The number of nitrogens with one attached hydrogen (secondary N) is 1. The molecule has 0 saturated carbocycles. The van der Waals surface area contributed by atoms with Crippen LogP contribution < -0.4 is 5.32 Å². The fourth-order valence-corrected chi connectivity index (χ4v) is 2.32. The molecule has 1 aromatic carbocycles. The first-order valence-electron chi connectivity index (χ1n) is 5.35. The van der Waals surface area contributed by atoms with Crippen LogP contribution in [0.5, 0.6) is 0 Å². The molecule has 0 spiro atoms. The van der Waals surface area contributed by atoms with Crippen LogP contribution in [0.3, 0.4) is 0 Å². The molecule has 4 heteroatoms. The molecule has 0 bridgehead atoms. The summed E-state index contributed by atoms with van der Waals surface area (Å²) in [5, 5.41) is 3.42. The lowest BCUT2D eigenvalue weighted by Crippen LogP contribution is -2.06. The van der Waals surface area contributed by atoms with Gasteiger partial charge in [-0.15, -0.1) is 0 Å². The molecule has 1 heterocycles. The molecule has 0 aliphatic rings. The van der Waals surface area contributed by atoms with Crippen molar-refractivity contribution in [2.45, 2.75) is 19.9 Å². The highest BCUT2D eigenvalue weighted by Crippen LogP contribution is 2.30. The van der Waals surface area contributed by atoms with Crippen LogP contribution in [0.25, 0.3) is 0 Å². The predicted octanol–water partition coefficient (Wildman–Crippen LogP) is 5.29. The molecular formula is C13H13Br2NO. The quantitative estimate of drug-likeness (QED) is 0.806. The monoisotopic (exact) mass is 357 g/mol. The van der Waals surface area contributed by atoms with Crippen molar-refractivity contribution in [3.8, 4) is 0 Å². The Bertz CT molecular complexity index is 522. The maximum atomic E-state index is 5.53. The SMILES string of the molecule is Cc1cccc(NC(C)c2ccc(Br)o2)c1Br. The Morgan fingerprint density at radius 2 is 1.94 bits per heavy atom. The van der Waals surface area contributed by atoms with E-state index in [1.54, 1.807) is 0 Å². The Morgan fingerprint density at radius 1 is 1.18 bits per heavy atom. The first kappa shape index (κ1) is 12.7. The van der Waals surface area contributed by atoms with Gasteiger partial charge >= 0.3 is 0 Å². The largest absolute Gasteiger partial charge is 0.452 e. The Morgan fingerprint density at radius 3 is 2.59 bits per heavy atom. The lowest BCUT2D eigenvalue weighted by atomic mass is 10.2. The van der Waals surface area contributed by atoms with Crippen molar-refractivity contribution in [1.82, 2.24) is 0 Å². The van der Waals surface area contributed by atoms with Crippen LogP contribution in [0.15, 0.2) is 43.9 Å². The molecule has 0 aliphatic heterocycles. The molecule has 2 nitrogen and oxygen atoms in total. The Labute approximate surface area is 118 Å². The van der Waals surface area contributed by atoms with Crippen LogP contribution in [-0.4, -0.2) is 0 Å². The molecule has 1 unspecified atom stereocenters. The van der Waals surface area contributed by atoms with Crippen molar-refractivity contribution in [2.24, 2.45) is 0 Å². The number of furan rings is 1. The van der Waals surface area contributed by atoms with E-state index in [4.69, 9.17) is 4.42 Å². The van der Waals surface area contributed by atoms with Gasteiger partial charge in [-0.2, -0.15) is 0 Å². The molecule has 1 N–H and O–H groups in total. The van der Waals surface area contributed by atoms with E-state index in [0.717, 1.165) is 20.6 Å². The normalized spacial score (nSPS) is 12.5. The summed E-state index contributed by atoms with van der Waals surface area (Å²) in [7, 11) is 0. The van der Waals surface area contributed by atoms with Crippen molar-refractivity contribution in [1.29, 1.82) is 0 Å². The molecule has 0 saturated heterocycles. The summed E-state index contributed by atoms with van der Waals surface area (Å²) >= 11 is 6.89. The number of benzene rings is 1. The van der Waals surface area contributed by atoms with Crippen molar-refractivity contribution in [2.75, 3.05) is 5.32 Å². The van der Waals surface area contributed by atoms with Gasteiger partial charge in [0.25, 0.3) is 0 Å². The molecule has 2 aromatic rings.